The van der Waals surface area contributed by atoms with Crippen LogP contribution in [0.25, 0.3) is 10.1 Å². The Hall–Kier alpha value is -1.35. The summed E-state index contributed by atoms with van der Waals surface area (Å²) in [4.78, 5) is 12.5. The molecule has 2 nitrogen and oxygen atoms in total. The third-order valence-electron chi connectivity index (χ3n) is 2.06. The number of esters is 1. The molecule has 0 aliphatic heterocycles. The summed E-state index contributed by atoms with van der Waals surface area (Å²) in [5, 5.41) is 1.11. The smallest absolute Gasteiger partial charge is 0.337 e. The number of methoxy groups -OCH3 is 1. The maximum atomic E-state index is 11.2. The van der Waals surface area contributed by atoms with Crippen molar-refractivity contribution in [2.24, 2.45) is 0 Å². The molecule has 2 rings (SSSR count). The highest BCUT2D eigenvalue weighted by Gasteiger charge is 2.06. The summed E-state index contributed by atoms with van der Waals surface area (Å²) in [6.07, 6.45) is 0. The normalized spacial score (nSPS) is 10.4. The highest BCUT2D eigenvalue weighted by Crippen LogP contribution is 2.25. The third-order valence-corrected chi connectivity index (χ3v) is 3.09. The standard InChI is InChI=1S/C11H10O2S/c1-7-5-9-6-8(11(12)13-2)3-4-10(9)14-7/h3-6H,1-2H3. The lowest BCUT2D eigenvalue weighted by atomic mass is 10.1. The van der Waals surface area contributed by atoms with Crippen molar-refractivity contribution in [3.05, 3.63) is 34.7 Å². The van der Waals surface area contributed by atoms with Gasteiger partial charge >= 0.3 is 5.97 Å². The zero-order valence-corrected chi connectivity index (χ0v) is 8.85. The second kappa shape index (κ2) is 3.42. The molecule has 0 amide bonds. The first-order chi connectivity index (χ1) is 6.70. The van der Waals surface area contributed by atoms with Crippen LogP contribution in [0.4, 0.5) is 0 Å². The van der Waals surface area contributed by atoms with Gasteiger partial charge in [0.15, 0.2) is 0 Å². The molecule has 2 aromatic rings. The van der Waals surface area contributed by atoms with Crippen molar-refractivity contribution >= 4 is 27.4 Å². The highest BCUT2D eigenvalue weighted by molar-refractivity contribution is 7.19. The van der Waals surface area contributed by atoms with Crippen LogP contribution < -0.4 is 0 Å². The molecule has 3 heteroatoms. The van der Waals surface area contributed by atoms with E-state index < -0.39 is 0 Å². The van der Waals surface area contributed by atoms with Gasteiger partial charge in [-0.2, -0.15) is 0 Å². The van der Waals surface area contributed by atoms with Crippen molar-refractivity contribution in [1.29, 1.82) is 0 Å². The van der Waals surface area contributed by atoms with E-state index in [1.807, 2.05) is 12.1 Å². The van der Waals surface area contributed by atoms with E-state index >= 15 is 0 Å². The summed E-state index contributed by atoms with van der Waals surface area (Å²) in [6.45, 7) is 2.06. The molecule has 0 aliphatic carbocycles. The van der Waals surface area contributed by atoms with Gasteiger partial charge in [-0.05, 0) is 36.6 Å². The van der Waals surface area contributed by atoms with E-state index in [0.29, 0.717) is 5.56 Å². The minimum absolute atomic E-state index is 0.282. The SMILES string of the molecule is COC(=O)c1ccc2sc(C)cc2c1. The molecule has 1 aromatic heterocycles. The van der Waals surface area contributed by atoms with Gasteiger partial charge in [-0.1, -0.05) is 0 Å². The van der Waals surface area contributed by atoms with Crippen LogP contribution in [0.2, 0.25) is 0 Å². The lowest BCUT2D eigenvalue weighted by molar-refractivity contribution is 0.0601. The molecule has 0 fully saturated rings. The number of thiophene rings is 1. The van der Waals surface area contributed by atoms with Gasteiger partial charge in [0, 0.05) is 9.58 Å². The number of fused-ring (bicyclic) bond motifs is 1. The van der Waals surface area contributed by atoms with Gasteiger partial charge in [-0.25, -0.2) is 4.79 Å². The molecule has 14 heavy (non-hydrogen) atoms. The number of carbonyl (C=O) groups excluding carboxylic acids is 1. The fraction of sp³-hybridized carbons (Fsp3) is 0.182. The monoisotopic (exact) mass is 206 g/mol. The number of hydrogen-bond acceptors (Lipinski definition) is 3. The van der Waals surface area contributed by atoms with Crippen molar-refractivity contribution in [3.8, 4) is 0 Å². The van der Waals surface area contributed by atoms with Gasteiger partial charge < -0.3 is 4.74 Å². The number of hydrogen-bond donors (Lipinski definition) is 0. The van der Waals surface area contributed by atoms with Crippen LogP contribution in [0, 0.1) is 6.92 Å². The molecular formula is C11H10O2S. The molecular weight excluding hydrogens is 196 g/mol. The van der Waals surface area contributed by atoms with Crippen molar-refractivity contribution in [2.75, 3.05) is 7.11 Å². The molecule has 0 spiro atoms. The summed E-state index contributed by atoms with van der Waals surface area (Å²) in [5.41, 5.74) is 0.609. The molecule has 1 aromatic carbocycles. The predicted molar refractivity (Wildman–Crippen MR) is 57.9 cm³/mol. The van der Waals surface area contributed by atoms with Crippen molar-refractivity contribution in [3.63, 3.8) is 0 Å². The molecule has 0 atom stereocenters. The molecule has 1 heterocycles. The Morgan fingerprint density at radius 3 is 2.86 bits per heavy atom. The van der Waals surface area contributed by atoms with E-state index in [0.717, 1.165) is 5.39 Å². The summed E-state index contributed by atoms with van der Waals surface area (Å²) < 4.78 is 5.86. The van der Waals surface area contributed by atoms with Crippen LogP contribution >= 0.6 is 11.3 Å². The number of rotatable bonds is 1. The van der Waals surface area contributed by atoms with Gasteiger partial charge in [-0.3, -0.25) is 0 Å². The van der Waals surface area contributed by atoms with Crippen LogP contribution in [0.3, 0.4) is 0 Å². The maximum absolute atomic E-state index is 11.2. The minimum atomic E-state index is -0.282. The average Bonchev–Trinajstić information content (AvgIpc) is 2.55. The second-order valence-corrected chi connectivity index (χ2v) is 4.39. The quantitative estimate of drug-likeness (QED) is 0.670. The van der Waals surface area contributed by atoms with Gasteiger partial charge in [0.05, 0.1) is 12.7 Å². The first kappa shape index (κ1) is 9.21. The second-order valence-electron chi connectivity index (χ2n) is 3.10. The van der Waals surface area contributed by atoms with E-state index in [9.17, 15) is 4.79 Å². The fourth-order valence-electron chi connectivity index (χ4n) is 1.42. The Balaban J connectivity index is 2.55. The molecule has 0 unspecified atom stereocenters. The maximum Gasteiger partial charge on any atom is 0.337 e. The minimum Gasteiger partial charge on any atom is -0.465 e. The summed E-state index contributed by atoms with van der Waals surface area (Å²) >= 11 is 1.73. The number of carbonyl (C=O) groups is 1. The van der Waals surface area contributed by atoms with Crippen LogP contribution in [0.5, 0.6) is 0 Å². The van der Waals surface area contributed by atoms with Crippen LogP contribution in [-0.2, 0) is 4.74 Å². The van der Waals surface area contributed by atoms with Crippen LogP contribution in [0.1, 0.15) is 15.2 Å². The van der Waals surface area contributed by atoms with Gasteiger partial charge in [0.1, 0.15) is 0 Å². The van der Waals surface area contributed by atoms with Crippen molar-refractivity contribution in [2.45, 2.75) is 6.92 Å². The molecule has 0 aliphatic rings. The zero-order valence-electron chi connectivity index (χ0n) is 8.03. The average molecular weight is 206 g/mol. The topological polar surface area (TPSA) is 26.3 Å². The van der Waals surface area contributed by atoms with E-state index in [1.54, 1.807) is 17.4 Å². The van der Waals surface area contributed by atoms with Crippen molar-refractivity contribution < 1.29 is 9.53 Å². The van der Waals surface area contributed by atoms with Crippen molar-refractivity contribution in [1.82, 2.24) is 0 Å². The molecule has 72 valence electrons. The van der Waals surface area contributed by atoms with Gasteiger partial charge in [-0.15, -0.1) is 11.3 Å². The molecule has 0 radical (unpaired) electrons. The number of aryl methyl sites for hydroxylation is 1. The first-order valence-corrected chi connectivity index (χ1v) is 5.11. The van der Waals surface area contributed by atoms with E-state index in [2.05, 4.69) is 17.7 Å². The zero-order chi connectivity index (χ0) is 10.1. The number of ether oxygens (including phenoxy) is 1. The molecule has 0 N–H and O–H groups in total. The Bertz CT molecular complexity index is 485. The molecule has 0 bridgehead atoms. The number of benzene rings is 1. The van der Waals surface area contributed by atoms with E-state index in [-0.39, 0.29) is 5.97 Å². The summed E-state index contributed by atoms with van der Waals surface area (Å²) in [5.74, 6) is -0.282. The highest BCUT2D eigenvalue weighted by atomic mass is 32.1. The Kier molecular flexibility index (Phi) is 2.25. The predicted octanol–water partition coefficient (Wildman–Crippen LogP) is 3.00. The largest absolute Gasteiger partial charge is 0.465 e. The Morgan fingerprint density at radius 2 is 2.14 bits per heavy atom. The fourth-order valence-corrected chi connectivity index (χ4v) is 2.33. The van der Waals surface area contributed by atoms with Gasteiger partial charge in [0.25, 0.3) is 0 Å². The van der Waals surface area contributed by atoms with Crippen LogP contribution in [-0.4, -0.2) is 13.1 Å². The third kappa shape index (κ3) is 1.51. The van der Waals surface area contributed by atoms with Gasteiger partial charge in [0.2, 0.25) is 0 Å². The van der Waals surface area contributed by atoms with Crippen LogP contribution in [0.15, 0.2) is 24.3 Å². The van der Waals surface area contributed by atoms with E-state index in [4.69, 9.17) is 0 Å². The Labute approximate surface area is 86.1 Å². The first-order valence-electron chi connectivity index (χ1n) is 4.29. The lowest BCUT2D eigenvalue weighted by Gasteiger charge is -1.97. The summed E-state index contributed by atoms with van der Waals surface area (Å²) in [7, 11) is 1.39. The Morgan fingerprint density at radius 1 is 1.36 bits per heavy atom. The lowest BCUT2D eigenvalue weighted by Crippen LogP contribution is -1.99. The summed E-state index contributed by atoms with van der Waals surface area (Å²) in [6, 6.07) is 7.69. The van der Waals surface area contributed by atoms with E-state index in [1.165, 1.54) is 16.7 Å². The molecule has 0 saturated heterocycles. The molecule has 0 saturated carbocycles.